The van der Waals surface area contributed by atoms with Crippen molar-refractivity contribution in [1.29, 1.82) is 0 Å². The highest BCUT2D eigenvalue weighted by Crippen LogP contribution is 2.08. The third-order valence-corrected chi connectivity index (χ3v) is 2.14. The SMILES string of the molecule is CCCNCC(C)COc1cnn(C)c1. The van der Waals surface area contributed by atoms with Crippen LogP contribution in [-0.2, 0) is 7.05 Å². The van der Waals surface area contributed by atoms with E-state index in [1.807, 2.05) is 13.2 Å². The van der Waals surface area contributed by atoms with Crippen LogP contribution in [0.3, 0.4) is 0 Å². The maximum atomic E-state index is 5.60. The van der Waals surface area contributed by atoms with Gasteiger partial charge in [-0.1, -0.05) is 13.8 Å². The van der Waals surface area contributed by atoms with Crippen LogP contribution in [0.25, 0.3) is 0 Å². The zero-order chi connectivity index (χ0) is 11.1. The fourth-order valence-electron chi connectivity index (χ4n) is 1.30. The monoisotopic (exact) mass is 211 g/mol. The van der Waals surface area contributed by atoms with Gasteiger partial charge in [0.15, 0.2) is 5.75 Å². The van der Waals surface area contributed by atoms with Crippen LogP contribution in [0.15, 0.2) is 12.4 Å². The Morgan fingerprint density at radius 3 is 3.00 bits per heavy atom. The molecule has 0 bridgehead atoms. The topological polar surface area (TPSA) is 39.1 Å². The molecule has 1 aromatic rings. The summed E-state index contributed by atoms with van der Waals surface area (Å²) in [4.78, 5) is 0. The van der Waals surface area contributed by atoms with E-state index in [1.165, 1.54) is 6.42 Å². The van der Waals surface area contributed by atoms with Crippen LogP contribution < -0.4 is 10.1 Å². The Labute approximate surface area is 91.6 Å². The highest BCUT2D eigenvalue weighted by atomic mass is 16.5. The number of nitrogens with zero attached hydrogens (tertiary/aromatic N) is 2. The normalized spacial score (nSPS) is 12.7. The van der Waals surface area contributed by atoms with E-state index in [0.29, 0.717) is 5.92 Å². The molecular weight excluding hydrogens is 190 g/mol. The molecule has 0 aliphatic heterocycles. The molecule has 1 unspecified atom stereocenters. The van der Waals surface area contributed by atoms with Gasteiger partial charge in [0.2, 0.25) is 0 Å². The van der Waals surface area contributed by atoms with Gasteiger partial charge in [-0.3, -0.25) is 4.68 Å². The quantitative estimate of drug-likeness (QED) is 0.694. The number of nitrogens with one attached hydrogen (secondary N) is 1. The molecule has 1 aromatic heterocycles. The minimum atomic E-state index is 0.525. The first-order chi connectivity index (χ1) is 7.22. The third kappa shape index (κ3) is 4.83. The maximum Gasteiger partial charge on any atom is 0.157 e. The van der Waals surface area contributed by atoms with Gasteiger partial charge in [-0.15, -0.1) is 0 Å². The van der Waals surface area contributed by atoms with Crippen molar-refractivity contribution in [3.8, 4) is 5.75 Å². The predicted octanol–water partition coefficient (Wildman–Crippen LogP) is 1.43. The van der Waals surface area contributed by atoms with Crippen LogP contribution in [-0.4, -0.2) is 29.5 Å². The number of aryl methyl sites for hydroxylation is 1. The molecule has 0 saturated heterocycles. The van der Waals surface area contributed by atoms with Gasteiger partial charge in [0.05, 0.1) is 19.0 Å². The number of rotatable bonds is 7. The molecule has 15 heavy (non-hydrogen) atoms. The van der Waals surface area contributed by atoms with Crippen molar-refractivity contribution in [2.24, 2.45) is 13.0 Å². The number of hydrogen-bond acceptors (Lipinski definition) is 3. The second kappa shape index (κ2) is 6.45. The Morgan fingerprint density at radius 2 is 2.40 bits per heavy atom. The first kappa shape index (κ1) is 12.0. The lowest BCUT2D eigenvalue weighted by Gasteiger charge is -2.12. The van der Waals surface area contributed by atoms with Crippen molar-refractivity contribution < 1.29 is 4.74 Å². The Hall–Kier alpha value is -1.03. The molecule has 1 heterocycles. The van der Waals surface area contributed by atoms with E-state index in [-0.39, 0.29) is 0 Å². The van der Waals surface area contributed by atoms with Crippen molar-refractivity contribution in [2.45, 2.75) is 20.3 Å². The molecule has 0 aromatic carbocycles. The number of aromatic nitrogens is 2. The molecular formula is C11H21N3O. The van der Waals surface area contributed by atoms with Gasteiger partial charge < -0.3 is 10.1 Å². The van der Waals surface area contributed by atoms with Crippen LogP contribution >= 0.6 is 0 Å². The summed E-state index contributed by atoms with van der Waals surface area (Å²) >= 11 is 0. The minimum absolute atomic E-state index is 0.525. The molecule has 0 fully saturated rings. The van der Waals surface area contributed by atoms with Crippen LogP contribution in [0, 0.1) is 5.92 Å². The molecule has 1 atom stereocenters. The third-order valence-electron chi connectivity index (χ3n) is 2.14. The predicted molar refractivity (Wildman–Crippen MR) is 61.0 cm³/mol. The van der Waals surface area contributed by atoms with E-state index < -0.39 is 0 Å². The van der Waals surface area contributed by atoms with Crippen molar-refractivity contribution in [3.63, 3.8) is 0 Å². The molecule has 0 saturated carbocycles. The van der Waals surface area contributed by atoms with Crippen LogP contribution in [0.4, 0.5) is 0 Å². The highest BCUT2D eigenvalue weighted by molar-refractivity contribution is 5.11. The van der Waals surface area contributed by atoms with E-state index in [4.69, 9.17) is 4.74 Å². The van der Waals surface area contributed by atoms with Crippen molar-refractivity contribution in [2.75, 3.05) is 19.7 Å². The fraction of sp³-hybridized carbons (Fsp3) is 0.727. The molecule has 0 radical (unpaired) electrons. The van der Waals surface area contributed by atoms with Gasteiger partial charge in [0.1, 0.15) is 0 Å². The zero-order valence-electron chi connectivity index (χ0n) is 9.86. The van der Waals surface area contributed by atoms with E-state index in [1.54, 1.807) is 10.9 Å². The van der Waals surface area contributed by atoms with Crippen LogP contribution in [0.5, 0.6) is 5.75 Å². The first-order valence-electron chi connectivity index (χ1n) is 5.54. The molecule has 0 spiro atoms. The van der Waals surface area contributed by atoms with Crippen molar-refractivity contribution in [1.82, 2.24) is 15.1 Å². The van der Waals surface area contributed by atoms with E-state index in [9.17, 15) is 0 Å². The molecule has 0 aliphatic carbocycles. The number of ether oxygens (including phenoxy) is 1. The van der Waals surface area contributed by atoms with Gasteiger partial charge in [-0.05, 0) is 13.0 Å². The maximum absolute atomic E-state index is 5.60. The summed E-state index contributed by atoms with van der Waals surface area (Å²) in [7, 11) is 1.89. The second-order valence-electron chi connectivity index (χ2n) is 3.97. The second-order valence-corrected chi connectivity index (χ2v) is 3.97. The zero-order valence-corrected chi connectivity index (χ0v) is 9.86. The largest absolute Gasteiger partial charge is 0.490 e. The van der Waals surface area contributed by atoms with Gasteiger partial charge in [-0.25, -0.2) is 0 Å². The summed E-state index contributed by atoms with van der Waals surface area (Å²) in [6, 6.07) is 0. The number of hydrogen-bond donors (Lipinski definition) is 1. The lowest BCUT2D eigenvalue weighted by atomic mass is 10.2. The molecule has 86 valence electrons. The summed E-state index contributed by atoms with van der Waals surface area (Å²) < 4.78 is 7.34. The van der Waals surface area contributed by atoms with Gasteiger partial charge >= 0.3 is 0 Å². The average Bonchev–Trinajstić information content (AvgIpc) is 2.62. The summed E-state index contributed by atoms with van der Waals surface area (Å²) in [5, 5.41) is 7.42. The lowest BCUT2D eigenvalue weighted by molar-refractivity contribution is 0.255. The Bertz CT molecular complexity index is 273. The van der Waals surface area contributed by atoms with Crippen molar-refractivity contribution >= 4 is 0 Å². The fourth-order valence-corrected chi connectivity index (χ4v) is 1.30. The minimum Gasteiger partial charge on any atom is -0.490 e. The molecule has 0 amide bonds. The molecule has 4 heteroatoms. The standard InChI is InChI=1S/C11H21N3O/c1-4-5-12-6-10(2)9-15-11-7-13-14(3)8-11/h7-8,10,12H,4-6,9H2,1-3H3. The van der Waals surface area contributed by atoms with Crippen LogP contribution in [0.1, 0.15) is 20.3 Å². The summed E-state index contributed by atoms with van der Waals surface area (Å²) in [5.74, 6) is 1.37. The molecule has 0 aliphatic rings. The van der Waals surface area contributed by atoms with E-state index in [2.05, 4.69) is 24.3 Å². The Balaban J connectivity index is 2.13. The Morgan fingerprint density at radius 1 is 1.60 bits per heavy atom. The first-order valence-corrected chi connectivity index (χ1v) is 5.54. The molecule has 1 N–H and O–H groups in total. The lowest BCUT2D eigenvalue weighted by Crippen LogP contribution is -2.25. The van der Waals surface area contributed by atoms with Gasteiger partial charge in [0, 0.05) is 19.5 Å². The average molecular weight is 211 g/mol. The smallest absolute Gasteiger partial charge is 0.157 e. The van der Waals surface area contributed by atoms with Gasteiger partial charge in [-0.2, -0.15) is 5.10 Å². The summed E-state index contributed by atoms with van der Waals surface area (Å²) in [5.41, 5.74) is 0. The van der Waals surface area contributed by atoms with E-state index in [0.717, 1.165) is 25.4 Å². The van der Waals surface area contributed by atoms with Crippen LogP contribution in [0.2, 0.25) is 0 Å². The molecule has 4 nitrogen and oxygen atoms in total. The molecule has 1 rings (SSSR count). The van der Waals surface area contributed by atoms with E-state index >= 15 is 0 Å². The summed E-state index contributed by atoms with van der Waals surface area (Å²) in [6.45, 7) is 7.18. The summed E-state index contributed by atoms with van der Waals surface area (Å²) in [6.07, 6.45) is 4.80. The highest BCUT2D eigenvalue weighted by Gasteiger charge is 2.03. The Kier molecular flexibility index (Phi) is 5.18. The van der Waals surface area contributed by atoms with Crippen molar-refractivity contribution in [3.05, 3.63) is 12.4 Å². The van der Waals surface area contributed by atoms with Gasteiger partial charge in [0.25, 0.3) is 0 Å².